The lowest BCUT2D eigenvalue weighted by atomic mass is 10.0. The van der Waals surface area contributed by atoms with E-state index in [1.54, 1.807) is 19.1 Å². The van der Waals surface area contributed by atoms with Crippen LogP contribution in [0.5, 0.6) is 0 Å². The Bertz CT molecular complexity index is 834. The molecule has 0 aromatic heterocycles. The number of rotatable bonds is 3. The van der Waals surface area contributed by atoms with Gasteiger partial charge in [-0.1, -0.05) is 18.1 Å². The van der Waals surface area contributed by atoms with Crippen molar-refractivity contribution in [2.45, 2.75) is 38.9 Å². The first-order valence-electron chi connectivity index (χ1n) is 7.96. The highest BCUT2D eigenvalue weighted by molar-refractivity contribution is 6.05. The second-order valence-corrected chi connectivity index (χ2v) is 5.95. The summed E-state index contributed by atoms with van der Waals surface area (Å²) in [6.45, 7) is 2.22. The number of hydrogen-bond donors (Lipinski definition) is 2. The predicted octanol–water partition coefficient (Wildman–Crippen LogP) is 0.0871. The molecule has 2 aliphatic heterocycles. The average molecular weight is 339 g/mol. The Labute approximate surface area is 144 Å². The molecule has 128 valence electrons. The number of imide groups is 1. The number of fused-ring (bicyclic) bond motifs is 1. The van der Waals surface area contributed by atoms with Crippen LogP contribution in [0.25, 0.3) is 0 Å². The Morgan fingerprint density at radius 3 is 2.88 bits per heavy atom. The van der Waals surface area contributed by atoms with Crippen molar-refractivity contribution < 1.29 is 19.2 Å². The molecule has 1 saturated heterocycles. The highest BCUT2D eigenvalue weighted by Gasteiger charge is 2.38. The number of nitrogens with zero attached hydrogens (tertiary/aromatic N) is 1. The van der Waals surface area contributed by atoms with Crippen molar-refractivity contribution in [3.63, 3.8) is 0 Å². The van der Waals surface area contributed by atoms with Gasteiger partial charge in [0.15, 0.2) is 0 Å². The third kappa shape index (κ3) is 3.38. The van der Waals surface area contributed by atoms with Gasteiger partial charge in [-0.25, -0.2) is 0 Å². The van der Waals surface area contributed by atoms with Crippen LogP contribution < -0.4 is 10.6 Å². The van der Waals surface area contributed by atoms with Crippen LogP contribution in [0.4, 0.5) is 0 Å². The summed E-state index contributed by atoms with van der Waals surface area (Å²) in [7, 11) is 0. The van der Waals surface area contributed by atoms with E-state index in [1.807, 2.05) is 6.07 Å². The van der Waals surface area contributed by atoms with Gasteiger partial charge < -0.3 is 10.2 Å². The molecule has 7 nitrogen and oxygen atoms in total. The van der Waals surface area contributed by atoms with Crippen LogP contribution in [-0.4, -0.2) is 34.6 Å². The van der Waals surface area contributed by atoms with Crippen molar-refractivity contribution >= 4 is 23.6 Å². The zero-order chi connectivity index (χ0) is 18.0. The monoisotopic (exact) mass is 339 g/mol. The van der Waals surface area contributed by atoms with E-state index in [2.05, 4.69) is 22.5 Å². The third-order valence-electron chi connectivity index (χ3n) is 4.28. The molecule has 1 fully saturated rings. The largest absolute Gasteiger partial charge is 0.341 e. The molecule has 0 bridgehead atoms. The quantitative estimate of drug-likeness (QED) is 0.602. The van der Waals surface area contributed by atoms with Gasteiger partial charge >= 0.3 is 0 Å². The lowest BCUT2D eigenvalue weighted by molar-refractivity contribution is -0.137. The molecule has 4 amide bonds. The van der Waals surface area contributed by atoms with Crippen LogP contribution in [0.15, 0.2) is 18.2 Å². The van der Waals surface area contributed by atoms with Gasteiger partial charge in [0.25, 0.3) is 11.8 Å². The van der Waals surface area contributed by atoms with Gasteiger partial charge in [-0.3, -0.25) is 24.5 Å². The first-order valence-corrected chi connectivity index (χ1v) is 7.96. The second-order valence-electron chi connectivity index (χ2n) is 5.95. The van der Waals surface area contributed by atoms with Crippen molar-refractivity contribution in [1.82, 2.24) is 15.5 Å². The Hall–Kier alpha value is -3.14. The summed E-state index contributed by atoms with van der Waals surface area (Å²) >= 11 is 0. The highest BCUT2D eigenvalue weighted by atomic mass is 16.2. The van der Waals surface area contributed by atoms with Gasteiger partial charge in [0.1, 0.15) is 6.04 Å². The van der Waals surface area contributed by atoms with Crippen LogP contribution in [0.1, 0.15) is 41.3 Å². The summed E-state index contributed by atoms with van der Waals surface area (Å²) in [5.41, 5.74) is 2.21. The van der Waals surface area contributed by atoms with E-state index in [4.69, 9.17) is 0 Å². The number of piperidine rings is 1. The molecule has 0 spiro atoms. The smallest absolute Gasteiger partial charge is 0.296 e. The summed E-state index contributed by atoms with van der Waals surface area (Å²) in [6.07, 6.45) is 0.565. The standard InChI is InChI=1S/C18H17N3O4/c1-2-3-15(22)19-9-11-4-5-13-12(8-11)10-21(18(13)25)14-6-7-16(23)20-17(14)24/h4-5,8,14H,6-7,9-10H2,1H3,(H,19,22)(H,20,23,24). The van der Waals surface area contributed by atoms with E-state index >= 15 is 0 Å². The fraction of sp³-hybridized carbons (Fsp3) is 0.333. The van der Waals surface area contributed by atoms with Crippen LogP contribution >= 0.6 is 0 Å². The molecular weight excluding hydrogens is 322 g/mol. The van der Waals surface area contributed by atoms with Gasteiger partial charge in [0.05, 0.1) is 0 Å². The maximum Gasteiger partial charge on any atom is 0.296 e. The number of nitrogens with one attached hydrogen (secondary N) is 2. The first kappa shape index (κ1) is 16.7. The number of benzene rings is 1. The zero-order valence-corrected chi connectivity index (χ0v) is 13.7. The van der Waals surface area contributed by atoms with Crippen LogP contribution in [0.2, 0.25) is 0 Å². The lowest BCUT2D eigenvalue weighted by Gasteiger charge is -2.29. The van der Waals surface area contributed by atoms with Gasteiger partial charge in [0, 0.05) is 25.1 Å². The van der Waals surface area contributed by atoms with E-state index < -0.39 is 11.9 Å². The maximum atomic E-state index is 12.6. The number of carbonyl (C=O) groups excluding carboxylic acids is 4. The molecule has 1 aromatic carbocycles. The maximum absolute atomic E-state index is 12.6. The summed E-state index contributed by atoms with van der Waals surface area (Å²) < 4.78 is 0. The topological polar surface area (TPSA) is 95.6 Å². The van der Waals surface area contributed by atoms with Crippen LogP contribution in [0, 0.1) is 11.8 Å². The normalized spacial score (nSPS) is 19.0. The number of hydrogen-bond acceptors (Lipinski definition) is 4. The first-order chi connectivity index (χ1) is 12.0. The van der Waals surface area contributed by atoms with Gasteiger partial charge in [-0.05, 0) is 36.5 Å². The van der Waals surface area contributed by atoms with E-state index in [-0.39, 0.29) is 24.1 Å². The third-order valence-corrected chi connectivity index (χ3v) is 4.28. The fourth-order valence-corrected chi connectivity index (χ4v) is 3.08. The molecular formula is C18H17N3O4. The molecule has 0 radical (unpaired) electrons. The molecule has 2 aliphatic rings. The van der Waals surface area contributed by atoms with E-state index in [0.29, 0.717) is 25.1 Å². The molecule has 1 aromatic rings. The van der Waals surface area contributed by atoms with Crippen molar-refractivity contribution in [2.24, 2.45) is 0 Å². The average Bonchev–Trinajstić information content (AvgIpc) is 2.89. The van der Waals surface area contributed by atoms with Gasteiger partial charge in [-0.2, -0.15) is 0 Å². The van der Waals surface area contributed by atoms with Gasteiger partial charge in [0.2, 0.25) is 11.8 Å². The predicted molar refractivity (Wildman–Crippen MR) is 87.8 cm³/mol. The summed E-state index contributed by atoms with van der Waals surface area (Å²) in [6, 6.07) is 4.69. The highest BCUT2D eigenvalue weighted by Crippen LogP contribution is 2.28. The number of carbonyl (C=O) groups is 4. The van der Waals surface area contributed by atoms with Gasteiger partial charge in [-0.15, -0.1) is 0 Å². The minimum Gasteiger partial charge on any atom is -0.341 e. The summed E-state index contributed by atoms with van der Waals surface area (Å²) in [5, 5.41) is 4.95. The van der Waals surface area contributed by atoms with Crippen LogP contribution in [-0.2, 0) is 27.5 Å². The second kappa shape index (κ2) is 6.77. The molecule has 2 N–H and O–H groups in total. The van der Waals surface area contributed by atoms with Crippen LogP contribution in [0.3, 0.4) is 0 Å². The SMILES string of the molecule is CC#CC(=O)NCc1ccc2c(c1)CN(C1CCC(=O)NC1=O)C2=O. The molecule has 0 saturated carbocycles. The molecule has 1 unspecified atom stereocenters. The fourth-order valence-electron chi connectivity index (χ4n) is 3.08. The van der Waals surface area contributed by atoms with Crippen molar-refractivity contribution in [3.8, 4) is 11.8 Å². The molecule has 25 heavy (non-hydrogen) atoms. The van der Waals surface area contributed by atoms with E-state index in [9.17, 15) is 19.2 Å². The molecule has 0 aliphatic carbocycles. The Morgan fingerprint density at radius 2 is 2.16 bits per heavy atom. The zero-order valence-electron chi connectivity index (χ0n) is 13.7. The van der Waals surface area contributed by atoms with Crippen molar-refractivity contribution in [1.29, 1.82) is 0 Å². The van der Waals surface area contributed by atoms with Crippen molar-refractivity contribution in [2.75, 3.05) is 0 Å². The van der Waals surface area contributed by atoms with E-state index in [0.717, 1.165) is 11.1 Å². The lowest BCUT2D eigenvalue weighted by Crippen LogP contribution is -2.52. The molecule has 7 heteroatoms. The minimum atomic E-state index is -0.624. The van der Waals surface area contributed by atoms with E-state index in [1.165, 1.54) is 4.90 Å². The number of amides is 4. The summed E-state index contributed by atoms with van der Waals surface area (Å²) in [4.78, 5) is 48.7. The molecule has 2 heterocycles. The Morgan fingerprint density at radius 1 is 1.36 bits per heavy atom. The Balaban J connectivity index is 1.72. The van der Waals surface area contributed by atoms with Crippen molar-refractivity contribution in [3.05, 3.63) is 34.9 Å². The molecule has 1 atom stereocenters. The molecule has 3 rings (SSSR count). The Kier molecular flexibility index (Phi) is 4.52. The minimum absolute atomic E-state index is 0.211. The summed E-state index contributed by atoms with van der Waals surface area (Å²) in [5.74, 6) is 3.62.